The quantitative estimate of drug-likeness (QED) is 0.661. The van der Waals surface area contributed by atoms with Crippen molar-refractivity contribution in [3.05, 3.63) is 35.4 Å². The summed E-state index contributed by atoms with van der Waals surface area (Å²) in [6.45, 7) is 2.16. The summed E-state index contributed by atoms with van der Waals surface area (Å²) >= 11 is 0. The molecule has 1 N–H and O–H groups in total. The number of alkyl halides is 3. The lowest BCUT2D eigenvalue weighted by Gasteiger charge is -2.07. The molecule has 0 aliphatic carbocycles. The molecule has 19 heavy (non-hydrogen) atoms. The van der Waals surface area contributed by atoms with Crippen LogP contribution >= 0.6 is 0 Å². The van der Waals surface area contributed by atoms with Crippen LogP contribution in [0.3, 0.4) is 0 Å². The van der Waals surface area contributed by atoms with E-state index in [0.29, 0.717) is 18.5 Å². The highest BCUT2D eigenvalue weighted by Gasteiger charge is 2.29. The molecule has 0 spiro atoms. The largest absolute Gasteiger partial charge is 0.416 e. The second-order valence-electron chi connectivity index (χ2n) is 3.90. The molecular weight excluding hydrogens is 255 g/mol. The van der Waals surface area contributed by atoms with Gasteiger partial charge in [-0.05, 0) is 24.6 Å². The van der Waals surface area contributed by atoms with Gasteiger partial charge in [0.05, 0.1) is 12.0 Å². The number of halogens is 3. The Hall–Kier alpha value is -1.96. The van der Waals surface area contributed by atoms with Crippen molar-refractivity contribution in [2.24, 2.45) is 0 Å². The molecule has 1 rings (SSSR count). The molecule has 102 valence electrons. The standard InChI is InChI=1S/C14H14F3NO/c1-2-3-4-9-18-13(19)10-11-5-7-12(8-6-11)14(15,16)17/h5-8H,4,9-10H2,1H3,(H,18,19). The van der Waals surface area contributed by atoms with E-state index in [2.05, 4.69) is 17.2 Å². The Labute approximate surface area is 110 Å². The minimum absolute atomic E-state index is 0.0672. The zero-order valence-electron chi connectivity index (χ0n) is 10.5. The third-order valence-electron chi connectivity index (χ3n) is 2.39. The number of hydrogen-bond acceptors (Lipinski definition) is 1. The zero-order valence-corrected chi connectivity index (χ0v) is 10.5. The third-order valence-corrected chi connectivity index (χ3v) is 2.39. The molecule has 1 amide bonds. The summed E-state index contributed by atoms with van der Waals surface area (Å²) in [5.41, 5.74) is -0.165. The Kier molecular flexibility index (Phi) is 5.43. The van der Waals surface area contributed by atoms with Gasteiger partial charge in [-0.1, -0.05) is 12.1 Å². The van der Waals surface area contributed by atoms with Crippen molar-refractivity contribution in [1.82, 2.24) is 5.32 Å². The Morgan fingerprint density at radius 1 is 1.26 bits per heavy atom. The van der Waals surface area contributed by atoms with Crippen LogP contribution in [-0.2, 0) is 17.4 Å². The predicted octanol–water partition coefficient (Wildman–Crippen LogP) is 2.78. The molecule has 0 aliphatic rings. The molecule has 0 bridgehead atoms. The van der Waals surface area contributed by atoms with Crippen molar-refractivity contribution >= 4 is 5.91 Å². The van der Waals surface area contributed by atoms with E-state index in [1.807, 2.05) is 0 Å². The number of nitrogens with one attached hydrogen (secondary N) is 1. The number of carbonyl (C=O) groups is 1. The van der Waals surface area contributed by atoms with Crippen molar-refractivity contribution in [3.8, 4) is 11.8 Å². The monoisotopic (exact) mass is 269 g/mol. The molecule has 0 saturated carbocycles. The third kappa shape index (κ3) is 5.47. The average molecular weight is 269 g/mol. The van der Waals surface area contributed by atoms with E-state index in [4.69, 9.17) is 0 Å². The minimum atomic E-state index is -4.35. The summed E-state index contributed by atoms with van der Waals surface area (Å²) in [5, 5.41) is 2.65. The predicted molar refractivity (Wildman–Crippen MR) is 66.2 cm³/mol. The van der Waals surface area contributed by atoms with Crippen molar-refractivity contribution in [3.63, 3.8) is 0 Å². The molecular formula is C14H14F3NO. The Morgan fingerprint density at radius 2 is 1.89 bits per heavy atom. The van der Waals surface area contributed by atoms with Gasteiger partial charge in [-0.15, -0.1) is 11.8 Å². The fourth-order valence-electron chi connectivity index (χ4n) is 1.45. The van der Waals surface area contributed by atoms with Gasteiger partial charge in [-0.3, -0.25) is 4.79 Å². The normalized spacial score (nSPS) is 10.5. The maximum atomic E-state index is 12.3. The average Bonchev–Trinajstić information content (AvgIpc) is 2.34. The Balaban J connectivity index is 2.48. The molecule has 1 aromatic rings. The summed E-state index contributed by atoms with van der Waals surface area (Å²) in [5.74, 6) is 5.28. The van der Waals surface area contributed by atoms with Crippen LogP contribution in [-0.4, -0.2) is 12.5 Å². The number of hydrogen-bond donors (Lipinski definition) is 1. The van der Waals surface area contributed by atoms with E-state index >= 15 is 0 Å². The van der Waals surface area contributed by atoms with Crippen LogP contribution < -0.4 is 5.32 Å². The van der Waals surface area contributed by atoms with Crippen LogP contribution in [0.5, 0.6) is 0 Å². The maximum Gasteiger partial charge on any atom is 0.416 e. The van der Waals surface area contributed by atoms with Gasteiger partial charge in [-0.25, -0.2) is 0 Å². The highest BCUT2D eigenvalue weighted by atomic mass is 19.4. The van der Waals surface area contributed by atoms with Gasteiger partial charge in [0.1, 0.15) is 0 Å². The molecule has 0 fully saturated rings. The first-order valence-electron chi connectivity index (χ1n) is 5.76. The van der Waals surface area contributed by atoms with Gasteiger partial charge in [0.25, 0.3) is 0 Å². The van der Waals surface area contributed by atoms with Crippen molar-refractivity contribution in [1.29, 1.82) is 0 Å². The molecule has 0 atom stereocenters. The molecule has 2 nitrogen and oxygen atoms in total. The first kappa shape index (κ1) is 15.1. The number of amides is 1. The summed E-state index contributed by atoms with van der Waals surface area (Å²) in [7, 11) is 0. The van der Waals surface area contributed by atoms with Crippen LogP contribution in [0.2, 0.25) is 0 Å². The Morgan fingerprint density at radius 3 is 2.42 bits per heavy atom. The van der Waals surface area contributed by atoms with Gasteiger partial charge in [0, 0.05) is 13.0 Å². The SMILES string of the molecule is CC#CCCNC(=O)Cc1ccc(C(F)(F)F)cc1. The highest BCUT2D eigenvalue weighted by Crippen LogP contribution is 2.29. The first-order valence-corrected chi connectivity index (χ1v) is 5.76. The molecule has 0 unspecified atom stereocenters. The van der Waals surface area contributed by atoms with Crippen LogP contribution in [0.15, 0.2) is 24.3 Å². The van der Waals surface area contributed by atoms with Crippen molar-refractivity contribution in [2.75, 3.05) is 6.54 Å². The lowest BCUT2D eigenvalue weighted by Crippen LogP contribution is -2.25. The fourth-order valence-corrected chi connectivity index (χ4v) is 1.45. The van der Waals surface area contributed by atoms with E-state index in [1.54, 1.807) is 6.92 Å². The molecule has 0 aliphatic heterocycles. The van der Waals surface area contributed by atoms with Crippen molar-refractivity contribution in [2.45, 2.75) is 25.9 Å². The molecule has 5 heteroatoms. The van der Waals surface area contributed by atoms with E-state index < -0.39 is 11.7 Å². The maximum absolute atomic E-state index is 12.3. The number of carbonyl (C=O) groups excluding carboxylic acids is 1. The second-order valence-corrected chi connectivity index (χ2v) is 3.90. The van der Waals surface area contributed by atoms with Crippen LogP contribution in [0.1, 0.15) is 24.5 Å². The van der Waals surface area contributed by atoms with Crippen LogP contribution in [0.25, 0.3) is 0 Å². The second kappa shape index (κ2) is 6.83. The number of rotatable bonds is 4. The zero-order chi connectivity index (χ0) is 14.3. The molecule has 0 radical (unpaired) electrons. The lowest BCUT2D eigenvalue weighted by atomic mass is 10.1. The molecule has 0 aromatic heterocycles. The van der Waals surface area contributed by atoms with Crippen LogP contribution in [0.4, 0.5) is 13.2 Å². The lowest BCUT2D eigenvalue weighted by molar-refractivity contribution is -0.137. The van der Waals surface area contributed by atoms with Crippen LogP contribution in [0, 0.1) is 11.8 Å². The highest BCUT2D eigenvalue weighted by molar-refractivity contribution is 5.78. The van der Waals surface area contributed by atoms with E-state index in [0.717, 1.165) is 12.1 Å². The van der Waals surface area contributed by atoms with Gasteiger partial charge in [-0.2, -0.15) is 13.2 Å². The van der Waals surface area contributed by atoms with E-state index in [-0.39, 0.29) is 12.3 Å². The summed E-state index contributed by atoms with van der Waals surface area (Å²) in [6, 6.07) is 4.58. The fraction of sp³-hybridized carbons (Fsp3) is 0.357. The van der Waals surface area contributed by atoms with Gasteiger partial charge < -0.3 is 5.32 Å². The summed E-state index contributed by atoms with van der Waals surface area (Å²) in [4.78, 5) is 11.5. The van der Waals surface area contributed by atoms with E-state index in [9.17, 15) is 18.0 Å². The summed E-state index contributed by atoms with van der Waals surface area (Å²) < 4.78 is 37.0. The summed E-state index contributed by atoms with van der Waals surface area (Å²) in [6.07, 6.45) is -3.72. The Bertz CT molecular complexity index is 480. The van der Waals surface area contributed by atoms with Crippen molar-refractivity contribution < 1.29 is 18.0 Å². The molecule has 0 heterocycles. The smallest absolute Gasteiger partial charge is 0.355 e. The minimum Gasteiger partial charge on any atom is -0.355 e. The van der Waals surface area contributed by atoms with Gasteiger partial charge >= 0.3 is 6.18 Å². The van der Waals surface area contributed by atoms with E-state index in [1.165, 1.54) is 12.1 Å². The molecule has 1 aromatic carbocycles. The topological polar surface area (TPSA) is 29.1 Å². The molecule has 0 saturated heterocycles. The van der Waals surface area contributed by atoms with Gasteiger partial charge in [0.15, 0.2) is 0 Å². The first-order chi connectivity index (χ1) is 8.93. The number of benzene rings is 1. The van der Waals surface area contributed by atoms with Gasteiger partial charge in [0.2, 0.25) is 5.91 Å².